The van der Waals surface area contributed by atoms with Gasteiger partial charge in [-0.2, -0.15) is 0 Å². The highest BCUT2D eigenvalue weighted by Crippen LogP contribution is 2.44. The number of methoxy groups -OCH3 is 1. The van der Waals surface area contributed by atoms with Gasteiger partial charge in [0.05, 0.1) is 12.7 Å². The molecule has 0 spiro atoms. The molecule has 0 unspecified atom stereocenters. The zero-order valence-electron chi connectivity index (χ0n) is 19.2. The molecule has 3 aromatic carbocycles. The topological polar surface area (TPSA) is 90.6 Å². The van der Waals surface area contributed by atoms with Crippen molar-refractivity contribution < 1.29 is 19.1 Å². The lowest BCUT2D eigenvalue weighted by molar-refractivity contribution is 0.0600. The van der Waals surface area contributed by atoms with Crippen LogP contribution >= 0.6 is 0 Å². The molecule has 0 heterocycles. The molecule has 1 aliphatic carbocycles. The van der Waals surface area contributed by atoms with E-state index in [2.05, 4.69) is 41.4 Å². The lowest BCUT2D eigenvalue weighted by Crippen LogP contribution is -2.26. The van der Waals surface area contributed by atoms with Gasteiger partial charge in [0.15, 0.2) is 0 Å². The number of benzene rings is 3. The number of carbonyl (C=O) groups is 2. The zero-order chi connectivity index (χ0) is 24.1. The van der Waals surface area contributed by atoms with Gasteiger partial charge < -0.3 is 20.5 Å². The van der Waals surface area contributed by atoms with E-state index in [1.165, 1.54) is 29.4 Å². The minimum absolute atomic E-state index is 0.0222. The maximum absolute atomic E-state index is 12.2. The van der Waals surface area contributed by atoms with Crippen molar-refractivity contribution in [2.24, 2.45) is 0 Å². The van der Waals surface area contributed by atoms with Crippen LogP contribution in [0.3, 0.4) is 0 Å². The number of esters is 1. The molecule has 172 valence electrons. The summed E-state index contributed by atoms with van der Waals surface area (Å²) in [6.45, 7) is 2.37. The van der Waals surface area contributed by atoms with Crippen LogP contribution in [-0.4, -0.2) is 32.3 Å². The highest BCUT2D eigenvalue weighted by Gasteiger charge is 2.28. The molecular formula is C28H26N2O4. The van der Waals surface area contributed by atoms with Crippen molar-refractivity contribution in [1.82, 2.24) is 5.32 Å². The lowest BCUT2D eigenvalue weighted by Gasteiger charge is -2.14. The minimum atomic E-state index is -0.476. The monoisotopic (exact) mass is 454 g/mol. The Hall–Kier alpha value is -4.24. The number of hydrogen-bond acceptors (Lipinski definition) is 5. The maximum Gasteiger partial charge on any atom is 0.407 e. The van der Waals surface area contributed by atoms with Gasteiger partial charge in [-0.25, -0.2) is 9.59 Å². The first kappa shape index (κ1) is 22.9. The van der Waals surface area contributed by atoms with Gasteiger partial charge in [-0.1, -0.05) is 60.4 Å². The minimum Gasteiger partial charge on any atom is -0.465 e. The summed E-state index contributed by atoms with van der Waals surface area (Å²) in [6.07, 6.45) is -0.0536. The van der Waals surface area contributed by atoms with Crippen LogP contribution in [0.15, 0.2) is 60.7 Å². The van der Waals surface area contributed by atoms with Gasteiger partial charge in [-0.05, 0) is 46.9 Å². The molecule has 0 aliphatic heterocycles. The van der Waals surface area contributed by atoms with Crippen LogP contribution in [0.5, 0.6) is 0 Å². The number of hydrogen-bond donors (Lipinski definition) is 2. The Morgan fingerprint density at radius 1 is 1.03 bits per heavy atom. The molecule has 0 fully saturated rings. The van der Waals surface area contributed by atoms with Crippen molar-refractivity contribution in [2.75, 3.05) is 26.0 Å². The number of anilines is 1. The Morgan fingerprint density at radius 3 is 2.32 bits per heavy atom. The molecule has 0 bridgehead atoms. The maximum atomic E-state index is 12.2. The van der Waals surface area contributed by atoms with E-state index in [4.69, 9.17) is 15.2 Å². The normalized spacial score (nSPS) is 11.6. The van der Waals surface area contributed by atoms with E-state index in [0.29, 0.717) is 35.3 Å². The second kappa shape index (κ2) is 10.1. The summed E-state index contributed by atoms with van der Waals surface area (Å²) in [5.41, 5.74) is 12.8. The van der Waals surface area contributed by atoms with Crippen molar-refractivity contribution in [1.29, 1.82) is 0 Å². The van der Waals surface area contributed by atoms with Gasteiger partial charge in [0, 0.05) is 30.1 Å². The van der Waals surface area contributed by atoms with Gasteiger partial charge >= 0.3 is 12.1 Å². The number of fused-ring (bicyclic) bond motifs is 3. The predicted molar refractivity (Wildman–Crippen MR) is 131 cm³/mol. The van der Waals surface area contributed by atoms with Crippen LogP contribution in [0.1, 0.15) is 45.0 Å². The van der Waals surface area contributed by atoms with Gasteiger partial charge in [0.2, 0.25) is 0 Å². The average Bonchev–Trinajstić information content (AvgIpc) is 3.17. The van der Waals surface area contributed by atoms with Gasteiger partial charge in [-0.3, -0.25) is 0 Å². The summed E-state index contributed by atoms with van der Waals surface area (Å²) in [7, 11) is 1.32. The van der Waals surface area contributed by atoms with Crippen LogP contribution in [0.4, 0.5) is 10.5 Å². The fraction of sp³-hybridized carbons (Fsp3) is 0.214. The molecule has 6 heteroatoms. The quantitative estimate of drug-likeness (QED) is 0.254. The molecule has 34 heavy (non-hydrogen) atoms. The second-order valence-corrected chi connectivity index (χ2v) is 8.03. The van der Waals surface area contributed by atoms with Crippen molar-refractivity contribution in [3.05, 3.63) is 88.5 Å². The number of amides is 1. The summed E-state index contributed by atoms with van der Waals surface area (Å²) in [5.74, 6) is 5.53. The average molecular weight is 455 g/mol. The summed E-state index contributed by atoms with van der Waals surface area (Å²) in [4.78, 5) is 24.1. The second-order valence-electron chi connectivity index (χ2n) is 8.03. The van der Waals surface area contributed by atoms with E-state index in [9.17, 15) is 9.59 Å². The third-order valence-electron chi connectivity index (χ3n) is 5.95. The molecule has 3 N–H and O–H groups in total. The van der Waals surface area contributed by atoms with E-state index < -0.39 is 12.1 Å². The Kier molecular flexibility index (Phi) is 6.84. The zero-order valence-corrected chi connectivity index (χ0v) is 19.2. The number of rotatable bonds is 5. The fourth-order valence-corrected chi connectivity index (χ4v) is 4.17. The van der Waals surface area contributed by atoms with E-state index in [1.807, 2.05) is 24.3 Å². The summed E-state index contributed by atoms with van der Waals surface area (Å²) >= 11 is 0. The van der Waals surface area contributed by atoms with Gasteiger partial charge in [0.25, 0.3) is 0 Å². The van der Waals surface area contributed by atoms with Crippen LogP contribution in [0.25, 0.3) is 11.1 Å². The largest absolute Gasteiger partial charge is 0.465 e. The number of nitrogen functional groups attached to an aromatic ring is 1. The first-order valence-electron chi connectivity index (χ1n) is 11.1. The molecule has 3 aromatic rings. The third-order valence-corrected chi connectivity index (χ3v) is 5.95. The SMILES string of the molecule is COC(=O)c1cc(C#CCCNC(=O)OCC2c3ccccc3-c3ccccc32)cc(N)c1C. The fourth-order valence-electron chi connectivity index (χ4n) is 4.17. The number of nitrogens with one attached hydrogen (secondary N) is 1. The van der Waals surface area contributed by atoms with E-state index in [0.717, 1.165) is 0 Å². The molecule has 1 aliphatic rings. The first-order chi connectivity index (χ1) is 16.5. The van der Waals surface area contributed by atoms with E-state index >= 15 is 0 Å². The van der Waals surface area contributed by atoms with Crippen LogP contribution in [0.2, 0.25) is 0 Å². The van der Waals surface area contributed by atoms with Crippen molar-refractivity contribution >= 4 is 17.7 Å². The molecule has 6 nitrogen and oxygen atoms in total. The Morgan fingerprint density at radius 2 is 1.68 bits per heavy atom. The Labute approximate surface area is 199 Å². The molecular weight excluding hydrogens is 428 g/mol. The molecule has 0 aromatic heterocycles. The van der Waals surface area contributed by atoms with Crippen LogP contribution in [-0.2, 0) is 9.47 Å². The molecule has 0 saturated heterocycles. The van der Waals surface area contributed by atoms with Crippen molar-refractivity contribution in [3.8, 4) is 23.0 Å². The summed E-state index contributed by atoms with van der Waals surface area (Å²) in [5, 5.41) is 2.74. The summed E-state index contributed by atoms with van der Waals surface area (Å²) < 4.78 is 10.3. The molecule has 0 atom stereocenters. The van der Waals surface area contributed by atoms with Crippen LogP contribution in [0, 0.1) is 18.8 Å². The van der Waals surface area contributed by atoms with E-state index in [-0.39, 0.29) is 12.5 Å². The highest BCUT2D eigenvalue weighted by atomic mass is 16.5. The molecule has 0 radical (unpaired) electrons. The highest BCUT2D eigenvalue weighted by molar-refractivity contribution is 5.93. The van der Waals surface area contributed by atoms with Crippen molar-refractivity contribution in [2.45, 2.75) is 19.3 Å². The van der Waals surface area contributed by atoms with Crippen molar-refractivity contribution in [3.63, 3.8) is 0 Å². The van der Waals surface area contributed by atoms with E-state index in [1.54, 1.807) is 19.1 Å². The van der Waals surface area contributed by atoms with Gasteiger partial charge in [0.1, 0.15) is 6.61 Å². The first-order valence-corrected chi connectivity index (χ1v) is 11.1. The van der Waals surface area contributed by atoms with Gasteiger partial charge in [-0.15, -0.1) is 0 Å². The Balaban J connectivity index is 1.30. The standard InChI is InChI=1S/C28H26N2O4/c1-18-24(27(31)33-2)15-19(16-26(18)29)9-7-8-14-30-28(32)34-17-25-22-12-5-3-10-20(22)21-11-4-6-13-23(21)25/h3-6,10-13,15-16,25H,8,14,17,29H2,1-2H3,(H,30,32). The number of nitrogens with two attached hydrogens (primary N) is 1. The predicted octanol–water partition coefficient (Wildman–Crippen LogP) is 4.64. The number of carbonyl (C=O) groups excluding carboxylic acids is 2. The third kappa shape index (κ3) is 4.74. The van der Waals surface area contributed by atoms with Crippen LogP contribution < -0.4 is 11.1 Å². The molecule has 0 saturated carbocycles. The number of alkyl carbamates (subject to hydrolysis) is 1. The smallest absolute Gasteiger partial charge is 0.407 e. The summed E-state index contributed by atoms with van der Waals surface area (Å²) in [6, 6.07) is 19.8. The number of ether oxygens (including phenoxy) is 2. The lowest BCUT2D eigenvalue weighted by atomic mass is 9.98. The molecule has 4 rings (SSSR count). The molecule has 1 amide bonds. The Bertz CT molecular complexity index is 1260.